The molecule has 0 bridgehead atoms. The Morgan fingerprint density at radius 2 is 1.82 bits per heavy atom. The van der Waals surface area contributed by atoms with Crippen molar-refractivity contribution in [2.75, 3.05) is 31.6 Å². The molecule has 3 fully saturated rings. The molecule has 12 nitrogen and oxygen atoms in total. The topological polar surface area (TPSA) is 171 Å². The largest absolute Gasteiger partial charge is 0.492 e. The van der Waals surface area contributed by atoms with Gasteiger partial charge in [-0.2, -0.15) is 0 Å². The van der Waals surface area contributed by atoms with Gasteiger partial charge >= 0.3 is 13.6 Å². The molecular formula is C30H38FN3O9P2. The van der Waals surface area contributed by atoms with Crippen molar-refractivity contribution < 1.29 is 42.8 Å². The maximum absolute atomic E-state index is 15.9. The summed E-state index contributed by atoms with van der Waals surface area (Å²) in [7, 11) is -6.43. The third-order valence-corrected chi connectivity index (χ3v) is 11.6. The highest BCUT2D eigenvalue weighted by Crippen LogP contribution is 2.65. The zero-order chi connectivity index (χ0) is 32.6. The second-order valence-electron chi connectivity index (χ2n) is 11.3. The van der Waals surface area contributed by atoms with Gasteiger partial charge in [-0.15, -0.1) is 0 Å². The van der Waals surface area contributed by atoms with Crippen LogP contribution in [-0.4, -0.2) is 62.9 Å². The van der Waals surface area contributed by atoms with E-state index in [1.807, 2.05) is 18.7 Å². The van der Waals surface area contributed by atoms with Gasteiger partial charge in [-0.1, -0.05) is 26.0 Å². The van der Waals surface area contributed by atoms with E-state index in [4.69, 9.17) is 9.47 Å². The lowest BCUT2D eigenvalue weighted by Gasteiger charge is -2.25. The van der Waals surface area contributed by atoms with Crippen molar-refractivity contribution in [3.05, 3.63) is 63.7 Å². The van der Waals surface area contributed by atoms with Crippen molar-refractivity contribution >= 4 is 38.5 Å². The number of carbonyl (C=O) groups is 1. The number of hydrogen-bond acceptors (Lipinski definition) is 9. The summed E-state index contributed by atoms with van der Waals surface area (Å²) >= 11 is 0. The fourth-order valence-corrected chi connectivity index (χ4v) is 8.35. The Hall–Kier alpha value is -2.89. The van der Waals surface area contributed by atoms with Gasteiger partial charge < -0.3 is 43.8 Å². The summed E-state index contributed by atoms with van der Waals surface area (Å²) in [6.45, 7) is 6.21. The van der Waals surface area contributed by atoms with Crippen LogP contribution in [0.15, 0.2) is 41.3 Å². The molecule has 0 amide bonds. The molecule has 6 rings (SSSR count). The van der Waals surface area contributed by atoms with Crippen molar-refractivity contribution in [1.82, 2.24) is 9.88 Å². The van der Waals surface area contributed by atoms with E-state index in [-0.39, 0.29) is 40.1 Å². The minimum atomic E-state index is -4.88. The smallest absolute Gasteiger partial charge is 0.349 e. The molecule has 2 aliphatic heterocycles. The molecule has 1 aromatic heterocycles. The normalized spacial score (nSPS) is 20.4. The molecule has 3 aliphatic rings. The van der Waals surface area contributed by atoms with Crippen molar-refractivity contribution in [2.45, 2.75) is 57.0 Å². The number of hydrogen-bond donors (Lipinski definition) is 5. The monoisotopic (exact) mass is 665 g/mol. The van der Waals surface area contributed by atoms with E-state index in [2.05, 4.69) is 5.32 Å². The number of benzene rings is 2. The summed E-state index contributed by atoms with van der Waals surface area (Å²) < 4.78 is 40.5. The molecular weight excluding hydrogens is 627 g/mol. The minimum Gasteiger partial charge on any atom is -0.492 e. The van der Waals surface area contributed by atoms with Crippen molar-refractivity contribution in [3.63, 3.8) is 0 Å². The Kier molecular flexibility index (Phi) is 10.0. The van der Waals surface area contributed by atoms with E-state index < -0.39 is 38.6 Å². The summed E-state index contributed by atoms with van der Waals surface area (Å²) in [4.78, 5) is 66.8. The van der Waals surface area contributed by atoms with Gasteiger partial charge in [-0.05, 0) is 61.9 Å². The first-order valence-electron chi connectivity index (χ1n) is 15.0. The zero-order valence-electron chi connectivity index (χ0n) is 25.2. The van der Waals surface area contributed by atoms with E-state index in [1.54, 1.807) is 4.57 Å². The van der Waals surface area contributed by atoms with Crippen LogP contribution in [0.3, 0.4) is 0 Å². The summed E-state index contributed by atoms with van der Waals surface area (Å²) in [6, 6.07) is 6.26. The van der Waals surface area contributed by atoms with Crippen molar-refractivity contribution in [1.29, 1.82) is 0 Å². The predicted octanol–water partition coefficient (Wildman–Crippen LogP) is 4.39. The summed E-state index contributed by atoms with van der Waals surface area (Å²) in [6.07, 6.45) is 5.16. The van der Waals surface area contributed by atoms with Crippen LogP contribution in [0.1, 0.15) is 66.9 Å². The molecule has 0 spiro atoms. The molecule has 0 radical (unpaired) electrons. The maximum atomic E-state index is 15.9. The van der Waals surface area contributed by atoms with Gasteiger partial charge in [0, 0.05) is 31.4 Å². The van der Waals surface area contributed by atoms with Crippen LogP contribution in [0.5, 0.6) is 11.5 Å². The molecule has 1 saturated carbocycles. The number of rotatable bonds is 8. The van der Waals surface area contributed by atoms with E-state index in [9.17, 15) is 33.7 Å². The molecule has 3 atom stereocenters. The second-order valence-corrected chi connectivity index (χ2v) is 14.5. The first kappa shape index (κ1) is 33.5. The van der Waals surface area contributed by atoms with Crippen LogP contribution in [0.25, 0.3) is 10.9 Å². The van der Waals surface area contributed by atoms with Gasteiger partial charge in [0.15, 0.2) is 25.3 Å². The number of anilines is 1. The third-order valence-electron chi connectivity index (χ3n) is 8.40. The molecule has 45 heavy (non-hydrogen) atoms. The number of nitrogens with zero attached hydrogens (tertiary/aromatic N) is 2. The predicted molar refractivity (Wildman–Crippen MR) is 169 cm³/mol. The Balaban J connectivity index is 0.00000196. The van der Waals surface area contributed by atoms with E-state index in [1.165, 1.54) is 43.6 Å². The number of methoxy groups -OCH3 is 1. The summed E-state index contributed by atoms with van der Waals surface area (Å²) in [5, 5.41) is 1.68. The lowest BCUT2D eigenvalue weighted by atomic mass is 9.94. The number of esters is 1. The Morgan fingerprint density at radius 3 is 2.40 bits per heavy atom. The van der Waals surface area contributed by atoms with Gasteiger partial charge in [-0.3, -0.25) is 9.36 Å². The highest BCUT2D eigenvalue weighted by molar-refractivity contribution is 7.67. The van der Waals surface area contributed by atoms with Crippen LogP contribution in [0, 0.1) is 11.7 Å². The van der Waals surface area contributed by atoms with E-state index in [0.29, 0.717) is 30.2 Å². The highest BCUT2D eigenvalue weighted by Gasteiger charge is 2.39. The summed E-state index contributed by atoms with van der Waals surface area (Å²) in [5.74, 6) is -1.01. The summed E-state index contributed by atoms with van der Waals surface area (Å²) in [5.41, 5.74) is -0.364. The fraction of sp³-hybridized carbons (Fsp3) is 0.467. The average Bonchev–Trinajstić information content (AvgIpc) is 3.76. The lowest BCUT2D eigenvalue weighted by Crippen LogP contribution is -2.40. The number of aromatic nitrogens is 1. The molecule has 15 heteroatoms. The number of pyridine rings is 1. The van der Waals surface area contributed by atoms with E-state index in [0.717, 1.165) is 32.2 Å². The molecule has 3 heterocycles. The van der Waals surface area contributed by atoms with Crippen LogP contribution in [-0.2, 0) is 4.57 Å². The quantitative estimate of drug-likeness (QED) is 0.131. The number of piperidine rings is 1. The number of ether oxygens (including phenoxy) is 2. The SMILES string of the molecule is CC.COc1c(N2CC3CCCNC3C2)c(F)cc2c(=O)c(C(=O)Oc3ccc(C(P(O)O)P(=O)(O)O)cc3)cn(C3CC3)c12. The maximum Gasteiger partial charge on any atom is 0.349 e. The number of fused-ring (bicyclic) bond motifs is 2. The van der Waals surface area contributed by atoms with Crippen molar-refractivity contribution in [3.8, 4) is 11.5 Å². The molecule has 244 valence electrons. The van der Waals surface area contributed by atoms with Crippen LogP contribution in [0.4, 0.5) is 10.1 Å². The van der Waals surface area contributed by atoms with Crippen LogP contribution in [0.2, 0.25) is 0 Å². The highest BCUT2D eigenvalue weighted by atomic mass is 31.2. The second kappa shape index (κ2) is 13.5. The average molecular weight is 666 g/mol. The van der Waals surface area contributed by atoms with Crippen LogP contribution < -0.4 is 25.1 Å². The van der Waals surface area contributed by atoms with Gasteiger partial charge in [-0.25, -0.2) is 9.18 Å². The molecule has 1 aliphatic carbocycles. The van der Waals surface area contributed by atoms with E-state index >= 15 is 4.39 Å². The van der Waals surface area contributed by atoms with Crippen LogP contribution >= 0.6 is 16.0 Å². The lowest BCUT2D eigenvalue weighted by molar-refractivity contribution is 0.0732. The Bertz CT molecular complexity index is 1660. The zero-order valence-corrected chi connectivity index (χ0v) is 27.0. The molecule has 5 N–H and O–H groups in total. The Labute approximate surface area is 260 Å². The fourth-order valence-electron chi connectivity index (χ4n) is 6.28. The first-order valence-corrected chi connectivity index (χ1v) is 18.0. The molecule has 2 saturated heterocycles. The third kappa shape index (κ3) is 6.67. The number of carbonyl (C=O) groups excluding carboxylic acids is 1. The molecule has 3 unspecified atom stereocenters. The minimum absolute atomic E-state index is 0.00623. The standard InChI is InChI=1S/C28H32FN3O9P2.C2H6/c1-40-26-23-19(11-21(29)24(26)31-12-16-3-2-10-30-22(16)14-31)25(33)20(13-32(23)17-6-7-17)27(34)41-18-8-4-15(5-9-18)28(42(35)36)43(37,38)39;1-2/h4-5,8-9,11,13,16-17,22,28,30,35-36H,2-3,6-7,10,12,14H2,1H3,(H2,37,38,39);1-2H3. The van der Waals surface area contributed by atoms with Crippen molar-refractivity contribution in [2.24, 2.45) is 5.92 Å². The van der Waals surface area contributed by atoms with Gasteiger partial charge in [0.2, 0.25) is 5.43 Å². The first-order chi connectivity index (χ1) is 21.5. The van der Waals surface area contributed by atoms with Gasteiger partial charge in [0.25, 0.3) is 0 Å². The molecule has 3 aromatic rings. The van der Waals surface area contributed by atoms with Gasteiger partial charge in [0.05, 0.1) is 18.0 Å². The van der Waals surface area contributed by atoms with Gasteiger partial charge in [0.1, 0.15) is 17.0 Å². The Morgan fingerprint density at radius 1 is 1.13 bits per heavy atom. The number of nitrogens with one attached hydrogen (secondary N) is 1. The molecule has 2 aromatic carbocycles. The number of halogens is 1.